The number of nitrogens with two attached hydrogens (primary N) is 1. The molecule has 0 spiro atoms. The van der Waals surface area contributed by atoms with Crippen molar-refractivity contribution in [3.05, 3.63) is 36.4 Å². The molecule has 128 valence electrons. The Balaban J connectivity index is 0.00000264. The first-order valence-electron chi connectivity index (χ1n) is 7.66. The standard InChI is InChI=1S/C17H26N4O.HI/c1-13(2)10-19-17(18)20-11-14-8-9-21(12-14)15-6-4-5-7-16(15)22-3;/h4-7,14H,1,8-12H2,2-3H3,(H3,18,19,20);1H. The molecule has 23 heavy (non-hydrogen) atoms. The van der Waals surface area contributed by atoms with Crippen LogP contribution in [0.5, 0.6) is 5.75 Å². The van der Waals surface area contributed by atoms with Crippen molar-refractivity contribution in [3.8, 4) is 5.75 Å². The third kappa shape index (κ3) is 5.93. The van der Waals surface area contributed by atoms with Crippen LogP contribution in [0.25, 0.3) is 0 Å². The summed E-state index contributed by atoms with van der Waals surface area (Å²) in [4.78, 5) is 6.61. The summed E-state index contributed by atoms with van der Waals surface area (Å²) in [6, 6.07) is 8.16. The SMILES string of the molecule is C=C(C)CN=C(N)NCC1CCN(c2ccccc2OC)C1.I. The fraction of sp³-hybridized carbons (Fsp3) is 0.471. The molecule has 0 bridgehead atoms. The molecule has 1 atom stereocenters. The predicted molar refractivity (Wildman–Crippen MR) is 108 cm³/mol. The van der Waals surface area contributed by atoms with Crippen LogP contribution in [-0.4, -0.2) is 39.2 Å². The molecule has 1 unspecified atom stereocenters. The number of halogens is 1. The van der Waals surface area contributed by atoms with Gasteiger partial charge in [-0.05, 0) is 31.4 Å². The van der Waals surface area contributed by atoms with Crippen LogP contribution >= 0.6 is 24.0 Å². The summed E-state index contributed by atoms with van der Waals surface area (Å²) in [5, 5.41) is 3.21. The second-order valence-electron chi connectivity index (χ2n) is 5.81. The maximum Gasteiger partial charge on any atom is 0.188 e. The van der Waals surface area contributed by atoms with Crippen LogP contribution in [0, 0.1) is 5.92 Å². The highest BCUT2D eigenvalue weighted by Crippen LogP contribution is 2.31. The summed E-state index contributed by atoms with van der Waals surface area (Å²) < 4.78 is 5.44. The lowest BCUT2D eigenvalue weighted by molar-refractivity contribution is 0.414. The van der Waals surface area contributed by atoms with Crippen LogP contribution in [0.2, 0.25) is 0 Å². The van der Waals surface area contributed by atoms with E-state index in [1.165, 1.54) is 0 Å². The van der Waals surface area contributed by atoms with E-state index in [4.69, 9.17) is 10.5 Å². The summed E-state index contributed by atoms with van der Waals surface area (Å²) in [5.74, 6) is 1.99. The van der Waals surface area contributed by atoms with E-state index in [0.29, 0.717) is 18.4 Å². The molecule has 1 aromatic carbocycles. The number of para-hydroxylation sites is 2. The summed E-state index contributed by atoms with van der Waals surface area (Å²) in [5.41, 5.74) is 8.03. The lowest BCUT2D eigenvalue weighted by Gasteiger charge is -2.21. The number of hydrogen-bond acceptors (Lipinski definition) is 3. The highest BCUT2D eigenvalue weighted by atomic mass is 127. The summed E-state index contributed by atoms with van der Waals surface area (Å²) in [6.07, 6.45) is 1.14. The van der Waals surface area contributed by atoms with Gasteiger partial charge in [-0.15, -0.1) is 24.0 Å². The van der Waals surface area contributed by atoms with Crippen molar-refractivity contribution in [1.82, 2.24) is 5.32 Å². The highest BCUT2D eigenvalue weighted by molar-refractivity contribution is 14.0. The molecule has 1 fully saturated rings. The topological polar surface area (TPSA) is 62.9 Å². The Morgan fingerprint density at radius 2 is 2.22 bits per heavy atom. The highest BCUT2D eigenvalue weighted by Gasteiger charge is 2.24. The number of ether oxygens (including phenoxy) is 1. The van der Waals surface area contributed by atoms with E-state index < -0.39 is 0 Å². The number of rotatable bonds is 6. The molecule has 0 radical (unpaired) electrons. The van der Waals surface area contributed by atoms with E-state index in [0.717, 1.165) is 43.1 Å². The Bertz CT molecular complexity index is 547. The average Bonchev–Trinajstić information content (AvgIpc) is 2.99. The zero-order valence-corrected chi connectivity index (χ0v) is 16.2. The van der Waals surface area contributed by atoms with Gasteiger partial charge < -0.3 is 20.7 Å². The Labute approximate surface area is 156 Å². The molecular weight excluding hydrogens is 403 g/mol. The van der Waals surface area contributed by atoms with Gasteiger partial charge in [0, 0.05) is 19.6 Å². The molecule has 0 saturated carbocycles. The van der Waals surface area contributed by atoms with Crippen LogP contribution in [0.4, 0.5) is 5.69 Å². The quantitative estimate of drug-likeness (QED) is 0.315. The van der Waals surface area contributed by atoms with Crippen LogP contribution in [-0.2, 0) is 0 Å². The fourth-order valence-electron chi connectivity index (χ4n) is 2.63. The zero-order chi connectivity index (χ0) is 15.9. The van der Waals surface area contributed by atoms with Gasteiger partial charge in [-0.1, -0.05) is 24.3 Å². The van der Waals surface area contributed by atoms with E-state index in [1.807, 2.05) is 25.1 Å². The summed E-state index contributed by atoms with van der Waals surface area (Å²) in [6.45, 7) is 9.22. The normalized spacial score (nSPS) is 17.6. The van der Waals surface area contributed by atoms with Gasteiger partial charge in [0.2, 0.25) is 0 Å². The Kier molecular flexibility index (Phi) is 8.22. The second kappa shape index (κ2) is 9.64. The minimum absolute atomic E-state index is 0. The molecule has 1 aromatic rings. The van der Waals surface area contributed by atoms with E-state index in [-0.39, 0.29) is 24.0 Å². The largest absolute Gasteiger partial charge is 0.495 e. The number of aliphatic imine (C=N–C) groups is 1. The molecule has 5 nitrogen and oxygen atoms in total. The maximum absolute atomic E-state index is 5.86. The first-order chi connectivity index (χ1) is 10.6. The van der Waals surface area contributed by atoms with Gasteiger partial charge in [-0.25, -0.2) is 4.99 Å². The minimum Gasteiger partial charge on any atom is -0.495 e. The lowest BCUT2D eigenvalue weighted by Crippen LogP contribution is -2.36. The third-order valence-electron chi connectivity index (χ3n) is 3.80. The van der Waals surface area contributed by atoms with Gasteiger partial charge in [0.25, 0.3) is 0 Å². The van der Waals surface area contributed by atoms with Crippen LogP contribution in [0.15, 0.2) is 41.4 Å². The zero-order valence-electron chi connectivity index (χ0n) is 13.9. The number of anilines is 1. The van der Waals surface area contributed by atoms with Crippen molar-refractivity contribution in [2.24, 2.45) is 16.6 Å². The third-order valence-corrected chi connectivity index (χ3v) is 3.80. The molecule has 0 aromatic heterocycles. The minimum atomic E-state index is 0. The van der Waals surface area contributed by atoms with Crippen molar-refractivity contribution < 1.29 is 4.74 Å². The molecule has 3 N–H and O–H groups in total. The molecule has 0 amide bonds. The van der Waals surface area contributed by atoms with Crippen molar-refractivity contribution in [2.45, 2.75) is 13.3 Å². The van der Waals surface area contributed by atoms with Crippen LogP contribution in [0.3, 0.4) is 0 Å². The molecule has 1 saturated heterocycles. The predicted octanol–water partition coefficient (Wildman–Crippen LogP) is 2.62. The smallest absolute Gasteiger partial charge is 0.188 e. The van der Waals surface area contributed by atoms with E-state index >= 15 is 0 Å². The van der Waals surface area contributed by atoms with E-state index in [1.54, 1.807) is 7.11 Å². The molecule has 6 heteroatoms. The van der Waals surface area contributed by atoms with E-state index in [2.05, 4.69) is 27.9 Å². The van der Waals surface area contributed by atoms with Gasteiger partial charge >= 0.3 is 0 Å². The second-order valence-corrected chi connectivity index (χ2v) is 5.81. The summed E-state index contributed by atoms with van der Waals surface area (Å²) in [7, 11) is 1.71. The van der Waals surface area contributed by atoms with Crippen LogP contribution in [0.1, 0.15) is 13.3 Å². The van der Waals surface area contributed by atoms with Crippen molar-refractivity contribution >= 4 is 35.6 Å². The Morgan fingerprint density at radius 1 is 1.48 bits per heavy atom. The van der Waals surface area contributed by atoms with Crippen molar-refractivity contribution in [1.29, 1.82) is 0 Å². The average molecular weight is 430 g/mol. The molecule has 1 aliphatic rings. The lowest BCUT2D eigenvalue weighted by atomic mass is 10.1. The van der Waals surface area contributed by atoms with Gasteiger partial charge in [0.1, 0.15) is 5.75 Å². The first kappa shape index (κ1) is 19.6. The Hall–Kier alpha value is -1.44. The molecule has 0 aliphatic carbocycles. The molecule has 1 aliphatic heterocycles. The van der Waals surface area contributed by atoms with Gasteiger partial charge in [0.05, 0.1) is 19.3 Å². The number of benzene rings is 1. The molecule has 2 rings (SSSR count). The molecular formula is C17H27IN4O. The fourth-order valence-corrected chi connectivity index (χ4v) is 2.63. The van der Waals surface area contributed by atoms with Crippen molar-refractivity contribution in [2.75, 3.05) is 38.2 Å². The monoisotopic (exact) mass is 430 g/mol. The van der Waals surface area contributed by atoms with E-state index in [9.17, 15) is 0 Å². The summed E-state index contributed by atoms with van der Waals surface area (Å²) >= 11 is 0. The number of nitrogens with one attached hydrogen (secondary N) is 1. The van der Waals surface area contributed by atoms with Crippen molar-refractivity contribution in [3.63, 3.8) is 0 Å². The van der Waals surface area contributed by atoms with Gasteiger partial charge in [0.15, 0.2) is 5.96 Å². The van der Waals surface area contributed by atoms with Gasteiger partial charge in [-0.2, -0.15) is 0 Å². The number of methoxy groups -OCH3 is 1. The number of guanidine groups is 1. The maximum atomic E-state index is 5.86. The number of hydrogen-bond donors (Lipinski definition) is 2. The number of nitrogens with zero attached hydrogens (tertiary/aromatic N) is 2. The first-order valence-corrected chi connectivity index (χ1v) is 7.66. The van der Waals surface area contributed by atoms with Crippen LogP contribution < -0.4 is 20.7 Å². The van der Waals surface area contributed by atoms with Gasteiger partial charge in [-0.3, -0.25) is 0 Å². The molecule has 1 heterocycles. The Morgan fingerprint density at radius 3 is 2.91 bits per heavy atom.